The van der Waals surface area contributed by atoms with Crippen molar-refractivity contribution in [3.05, 3.63) is 74.8 Å². The zero-order chi connectivity index (χ0) is 26.7. The Bertz CT molecular complexity index is 1470. The van der Waals surface area contributed by atoms with Crippen molar-refractivity contribution < 1.29 is 27.9 Å². The van der Waals surface area contributed by atoms with Crippen LogP contribution in [0.15, 0.2) is 53.1 Å². The smallest absolute Gasteiger partial charge is 0.416 e. The summed E-state index contributed by atoms with van der Waals surface area (Å²) in [6.07, 6.45) is -2.24. The van der Waals surface area contributed by atoms with Gasteiger partial charge in [-0.25, -0.2) is 4.98 Å². The summed E-state index contributed by atoms with van der Waals surface area (Å²) in [5, 5.41) is 16.4. The molecule has 0 unspecified atom stereocenters. The lowest BCUT2D eigenvalue weighted by molar-refractivity contribution is -0.137. The van der Waals surface area contributed by atoms with Crippen LogP contribution in [0.2, 0.25) is 0 Å². The Labute approximate surface area is 218 Å². The topological polar surface area (TPSA) is 97.4 Å². The number of nitrogens with zero attached hydrogens (tertiary/aromatic N) is 4. The second-order valence-corrected chi connectivity index (χ2v) is 10.1. The van der Waals surface area contributed by atoms with Gasteiger partial charge in [0, 0.05) is 36.5 Å². The van der Waals surface area contributed by atoms with Crippen LogP contribution in [-0.2, 0) is 19.6 Å². The molecule has 3 aromatic heterocycles. The van der Waals surface area contributed by atoms with Crippen LogP contribution in [0.1, 0.15) is 49.6 Å². The molecule has 0 amide bonds. The van der Waals surface area contributed by atoms with E-state index in [4.69, 9.17) is 0 Å². The van der Waals surface area contributed by atoms with Gasteiger partial charge in [0.05, 0.1) is 20.2 Å². The molecule has 192 valence electrons. The first-order valence-corrected chi connectivity index (χ1v) is 12.7. The summed E-state index contributed by atoms with van der Waals surface area (Å²) >= 11 is 2.27. The molecule has 0 bridgehead atoms. The summed E-state index contributed by atoms with van der Waals surface area (Å²) in [7, 11) is 1.75. The van der Waals surface area contributed by atoms with Gasteiger partial charge >= 0.3 is 6.18 Å². The quantitative estimate of drug-likeness (QED) is 0.210. The molecule has 4 aromatic rings. The van der Waals surface area contributed by atoms with Crippen molar-refractivity contribution >= 4 is 40.0 Å². The average molecular weight is 547 g/mol. The van der Waals surface area contributed by atoms with Crippen LogP contribution in [0, 0.1) is 0 Å². The molecule has 12 heteroatoms. The summed E-state index contributed by atoms with van der Waals surface area (Å²) in [5.41, 5.74) is 0.488. The minimum Gasteiger partial charge on any atom is -0.506 e. The number of hydrogen-bond acceptors (Lipinski definition) is 8. The number of ketones is 2. The number of aryl methyl sites for hydroxylation is 2. The SMILES string of the molecule is CC(=NCC(=O)c1ccc(C(=O)CCc2ncn(C)n2)s1)c1csc(-c2ccc(C(F)(F)F)cc2)c1O. The predicted molar refractivity (Wildman–Crippen MR) is 136 cm³/mol. The molecule has 7 nitrogen and oxygen atoms in total. The van der Waals surface area contributed by atoms with E-state index >= 15 is 0 Å². The van der Waals surface area contributed by atoms with Gasteiger partial charge in [0.15, 0.2) is 17.4 Å². The van der Waals surface area contributed by atoms with Crippen molar-refractivity contribution in [2.75, 3.05) is 6.54 Å². The van der Waals surface area contributed by atoms with Crippen molar-refractivity contribution in [3.63, 3.8) is 0 Å². The molecule has 4 rings (SSSR count). The number of rotatable bonds is 9. The number of Topliss-reactive ketones (excluding diaryl/α,β-unsaturated/α-hetero) is 2. The van der Waals surface area contributed by atoms with Crippen molar-refractivity contribution in [2.24, 2.45) is 12.0 Å². The average Bonchev–Trinajstić information content (AvgIpc) is 3.60. The highest BCUT2D eigenvalue weighted by molar-refractivity contribution is 7.16. The number of benzene rings is 1. The number of alkyl halides is 3. The second-order valence-electron chi connectivity index (χ2n) is 8.15. The fourth-order valence-electron chi connectivity index (χ4n) is 3.46. The fourth-order valence-corrected chi connectivity index (χ4v) is 5.38. The van der Waals surface area contributed by atoms with Crippen LogP contribution in [0.3, 0.4) is 0 Å². The number of hydrogen-bond donors (Lipinski definition) is 1. The van der Waals surface area contributed by atoms with Gasteiger partial charge in [-0.05, 0) is 36.8 Å². The maximum absolute atomic E-state index is 12.8. The van der Waals surface area contributed by atoms with Gasteiger partial charge in [-0.3, -0.25) is 19.3 Å². The zero-order valence-corrected chi connectivity index (χ0v) is 21.4. The Morgan fingerprint density at radius 3 is 2.38 bits per heavy atom. The van der Waals surface area contributed by atoms with Gasteiger partial charge < -0.3 is 5.11 Å². The molecule has 0 fully saturated rings. The van der Waals surface area contributed by atoms with Crippen LogP contribution in [0.5, 0.6) is 5.75 Å². The molecule has 1 aromatic carbocycles. The number of carbonyl (C=O) groups excluding carboxylic acids is 2. The Hall–Kier alpha value is -3.64. The molecular weight excluding hydrogens is 525 g/mol. The first-order valence-electron chi connectivity index (χ1n) is 11.0. The molecule has 0 radical (unpaired) electrons. The summed E-state index contributed by atoms with van der Waals surface area (Å²) in [6, 6.07) is 7.73. The zero-order valence-electron chi connectivity index (χ0n) is 19.7. The number of aromatic hydroxyl groups is 1. The third-order valence-corrected chi connectivity index (χ3v) is 7.65. The number of thiophene rings is 2. The molecule has 0 atom stereocenters. The first-order chi connectivity index (χ1) is 17.5. The maximum atomic E-state index is 12.8. The van der Waals surface area contributed by atoms with E-state index in [1.165, 1.54) is 23.5 Å². The van der Waals surface area contributed by atoms with Crippen molar-refractivity contribution in [3.8, 4) is 16.2 Å². The van der Waals surface area contributed by atoms with Crippen molar-refractivity contribution in [1.82, 2.24) is 14.8 Å². The van der Waals surface area contributed by atoms with Crippen LogP contribution in [0.25, 0.3) is 10.4 Å². The summed E-state index contributed by atoms with van der Waals surface area (Å²) < 4.78 is 40.0. The third-order valence-electron chi connectivity index (χ3n) is 5.47. The van der Waals surface area contributed by atoms with E-state index in [9.17, 15) is 27.9 Å². The van der Waals surface area contributed by atoms with Crippen LogP contribution < -0.4 is 0 Å². The normalized spacial score (nSPS) is 12.2. The molecule has 0 aliphatic rings. The molecule has 0 aliphatic carbocycles. The molecule has 0 spiro atoms. The van der Waals surface area contributed by atoms with E-state index in [2.05, 4.69) is 15.1 Å². The van der Waals surface area contributed by atoms with Gasteiger partial charge in [-0.2, -0.15) is 18.3 Å². The number of halogens is 3. The molecular formula is C25H21F3N4O3S2. The lowest BCUT2D eigenvalue weighted by atomic mass is 10.1. The van der Waals surface area contributed by atoms with Crippen LogP contribution in [0.4, 0.5) is 13.2 Å². The Morgan fingerprint density at radius 2 is 1.76 bits per heavy atom. The molecule has 3 heterocycles. The number of carbonyl (C=O) groups is 2. The summed E-state index contributed by atoms with van der Waals surface area (Å²) in [5.74, 6) is 0.0965. The van der Waals surface area contributed by atoms with E-state index in [-0.39, 0.29) is 30.3 Å². The lowest BCUT2D eigenvalue weighted by Crippen LogP contribution is -2.04. The van der Waals surface area contributed by atoms with E-state index in [0.717, 1.165) is 23.5 Å². The highest BCUT2D eigenvalue weighted by Crippen LogP contribution is 2.40. The van der Waals surface area contributed by atoms with Crippen LogP contribution in [-0.4, -0.2) is 43.7 Å². The Morgan fingerprint density at radius 1 is 1.08 bits per heavy atom. The van der Waals surface area contributed by atoms with E-state index < -0.39 is 11.7 Å². The monoisotopic (exact) mass is 546 g/mol. The molecule has 0 saturated heterocycles. The number of aromatic nitrogens is 3. The van der Waals surface area contributed by atoms with Gasteiger partial charge in [0.1, 0.15) is 18.6 Å². The van der Waals surface area contributed by atoms with Crippen molar-refractivity contribution in [1.29, 1.82) is 0 Å². The molecule has 0 aliphatic heterocycles. The predicted octanol–water partition coefficient (Wildman–Crippen LogP) is 5.84. The Kier molecular flexibility index (Phi) is 7.69. The maximum Gasteiger partial charge on any atom is 0.416 e. The molecule has 0 saturated carbocycles. The largest absolute Gasteiger partial charge is 0.506 e. The highest BCUT2D eigenvalue weighted by Gasteiger charge is 2.30. The fraction of sp³-hybridized carbons (Fsp3) is 0.240. The standard InChI is InChI=1S/C25H21F3N4O3S2/c1-14(17-12-36-24(23(17)35)15-3-5-16(6-4-15)25(26,27)28)29-11-19(34)21-9-8-20(37-21)18(33)7-10-22-30-13-32(2)31-22/h3-6,8-9,12-13,35H,7,10-11H2,1-2H3. The van der Waals surface area contributed by atoms with Gasteiger partial charge in [-0.15, -0.1) is 22.7 Å². The summed E-state index contributed by atoms with van der Waals surface area (Å²) in [6.45, 7) is 1.46. The van der Waals surface area contributed by atoms with E-state index in [1.54, 1.807) is 42.5 Å². The van der Waals surface area contributed by atoms with E-state index in [1.807, 2.05) is 0 Å². The van der Waals surface area contributed by atoms with Crippen LogP contribution >= 0.6 is 22.7 Å². The lowest BCUT2D eigenvalue weighted by Gasteiger charge is -2.07. The molecule has 1 N–H and O–H groups in total. The van der Waals surface area contributed by atoms with Gasteiger partial charge in [-0.1, -0.05) is 12.1 Å². The second kappa shape index (κ2) is 10.8. The minimum atomic E-state index is -4.44. The summed E-state index contributed by atoms with van der Waals surface area (Å²) in [4.78, 5) is 34.8. The first kappa shape index (κ1) is 26.4. The minimum absolute atomic E-state index is 0.102. The number of aliphatic imine (C=N–C) groups is 1. The highest BCUT2D eigenvalue weighted by atomic mass is 32.1. The van der Waals surface area contributed by atoms with Gasteiger partial charge in [0.2, 0.25) is 0 Å². The van der Waals surface area contributed by atoms with E-state index in [0.29, 0.717) is 43.7 Å². The third kappa shape index (κ3) is 6.20. The Balaban J connectivity index is 1.39. The molecule has 37 heavy (non-hydrogen) atoms. The van der Waals surface area contributed by atoms with Gasteiger partial charge in [0.25, 0.3) is 0 Å². The van der Waals surface area contributed by atoms with Crippen molar-refractivity contribution in [2.45, 2.75) is 25.9 Å².